The minimum atomic E-state index is 0.418. The normalized spacial score (nSPS) is 9.65. The summed E-state index contributed by atoms with van der Waals surface area (Å²) in [7, 11) is 0. The topological polar surface area (TPSA) is 87.6 Å². The zero-order chi connectivity index (χ0) is 12.3. The zero-order valence-corrected chi connectivity index (χ0v) is 9.31. The highest BCUT2D eigenvalue weighted by molar-refractivity contribution is 5.65. The third-order valence-electron chi connectivity index (χ3n) is 2.30. The van der Waals surface area contributed by atoms with E-state index in [0.717, 1.165) is 5.56 Å². The van der Waals surface area contributed by atoms with Gasteiger partial charge in [-0.1, -0.05) is 12.1 Å². The van der Waals surface area contributed by atoms with Gasteiger partial charge in [-0.05, 0) is 18.6 Å². The molecule has 0 saturated carbocycles. The van der Waals surface area contributed by atoms with Crippen LogP contribution in [0.1, 0.15) is 11.1 Å². The first kappa shape index (κ1) is 10.9. The van der Waals surface area contributed by atoms with Crippen molar-refractivity contribution in [2.75, 3.05) is 11.1 Å². The van der Waals surface area contributed by atoms with Crippen LogP contribution in [0, 0.1) is 18.3 Å². The summed E-state index contributed by atoms with van der Waals surface area (Å²) in [5.74, 6) is 0.418. The molecule has 2 aromatic rings. The predicted molar refractivity (Wildman–Crippen MR) is 65.6 cm³/mol. The van der Waals surface area contributed by atoms with Crippen LogP contribution in [0.5, 0.6) is 0 Å². The van der Waals surface area contributed by atoms with Crippen LogP contribution in [0.4, 0.5) is 17.3 Å². The lowest BCUT2D eigenvalue weighted by atomic mass is 10.1. The number of rotatable bonds is 2. The summed E-state index contributed by atoms with van der Waals surface area (Å²) in [4.78, 5) is 8.04. The summed E-state index contributed by atoms with van der Waals surface area (Å²) < 4.78 is 0. The third kappa shape index (κ3) is 2.32. The molecule has 0 atom stereocenters. The zero-order valence-electron chi connectivity index (χ0n) is 9.31. The van der Waals surface area contributed by atoms with Crippen LogP contribution >= 0.6 is 0 Å². The van der Waals surface area contributed by atoms with Crippen molar-refractivity contribution in [2.45, 2.75) is 6.92 Å². The SMILES string of the molecule is Cc1cccc(Nc2ncc(N)cn2)c1C#N. The summed E-state index contributed by atoms with van der Waals surface area (Å²) in [5, 5.41) is 12.1. The molecule has 0 fully saturated rings. The lowest BCUT2D eigenvalue weighted by Crippen LogP contribution is -2.00. The molecular formula is C12H11N5. The first-order valence-electron chi connectivity index (χ1n) is 5.05. The van der Waals surface area contributed by atoms with E-state index in [4.69, 9.17) is 11.0 Å². The molecule has 3 N–H and O–H groups in total. The number of nitriles is 1. The summed E-state index contributed by atoms with van der Waals surface area (Å²) >= 11 is 0. The van der Waals surface area contributed by atoms with Gasteiger partial charge >= 0.3 is 0 Å². The van der Waals surface area contributed by atoms with E-state index in [1.54, 1.807) is 0 Å². The van der Waals surface area contributed by atoms with E-state index in [1.807, 2.05) is 25.1 Å². The lowest BCUT2D eigenvalue weighted by molar-refractivity contribution is 1.17. The van der Waals surface area contributed by atoms with Crippen LogP contribution in [0.2, 0.25) is 0 Å². The monoisotopic (exact) mass is 225 g/mol. The van der Waals surface area contributed by atoms with E-state index >= 15 is 0 Å². The second-order valence-corrected chi connectivity index (χ2v) is 3.57. The fraction of sp³-hybridized carbons (Fsp3) is 0.0833. The average Bonchev–Trinajstić information content (AvgIpc) is 2.32. The molecule has 0 aliphatic rings. The van der Waals surface area contributed by atoms with Crippen LogP contribution in [0.3, 0.4) is 0 Å². The molecule has 0 unspecified atom stereocenters. The summed E-state index contributed by atoms with van der Waals surface area (Å²) in [6.07, 6.45) is 3.02. The van der Waals surface area contributed by atoms with Gasteiger partial charge < -0.3 is 11.1 Å². The molecule has 0 saturated heterocycles. The van der Waals surface area contributed by atoms with Crippen molar-refractivity contribution in [2.24, 2.45) is 0 Å². The third-order valence-corrected chi connectivity index (χ3v) is 2.30. The minimum Gasteiger partial charge on any atom is -0.396 e. The Hall–Kier alpha value is -2.61. The van der Waals surface area contributed by atoms with Gasteiger partial charge in [-0.15, -0.1) is 0 Å². The fourth-order valence-electron chi connectivity index (χ4n) is 1.44. The van der Waals surface area contributed by atoms with Crippen LogP contribution in [0.25, 0.3) is 0 Å². The van der Waals surface area contributed by atoms with Crippen LogP contribution in [-0.2, 0) is 0 Å². The molecule has 17 heavy (non-hydrogen) atoms. The Morgan fingerprint density at radius 3 is 2.65 bits per heavy atom. The molecule has 0 spiro atoms. The molecule has 5 nitrogen and oxygen atoms in total. The van der Waals surface area contributed by atoms with Gasteiger partial charge in [0.15, 0.2) is 0 Å². The number of nitrogens with one attached hydrogen (secondary N) is 1. The minimum absolute atomic E-state index is 0.418. The van der Waals surface area contributed by atoms with E-state index in [9.17, 15) is 0 Å². The van der Waals surface area contributed by atoms with Crippen LogP contribution in [-0.4, -0.2) is 9.97 Å². The number of hydrogen-bond donors (Lipinski definition) is 2. The summed E-state index contributed by atoms with van der Waals surface area (Å²) in [6, 6.07) is 7.72. The molecule has 0 radical (unpaired) electrons. The second-order valence-electron chi connectivity index (χ2n) is 3.57. The maximum atomic E-state index is 9.07. The van der Waals surface area contributed by atoms with Crippen molar-refractivity contribution in [1.82, 2.24) is 9.97 Å². The molecule has 0 bridgehead atoms. The molecule has 1 aromatic heterocycles. The highest BCUT2D eigenvalue weighted by Gasteiger charge is 2.05. The van der Waals surface area contributed by atoms with Crippen LogP contribution < -0.4 is 11.1 Å². The maximum Gasteiger partial charge on any atom is 0.227 e. The molecule has 5 heteroatoms. The van der Waals surface area contributed by atoms with Crippen molar-refractivity contribution in [3.63, 3.8) is 0 Å². The number of aromatic nitrogens is 2. The molecule has 84 valence electrons. The van der Waals surface area contributed by atoms with Gasteiger partial charge in [-0.25, -0.2) is 9.97 Å². The second kappa shape index (κ2) is 4.49. The van der Waals surface area contributed by atoms with Crippen LogP contribution in [0.15, 0.2) is 30.6 Å². The first-order chi connectivity index (χ1) is 8.20. The van der Waals surface area contributed by atoms with Crippen molar-refractivity contribution in [3.05, 3.63) is 41.7 Å². The summed E-state index contributed by atoms with van der Waals surface area (Å²) in [6.45, 7) is 1.88. The highest BCUT2D eigenvalue weighted by atomic mass is 15.1. The van der Waals surface area contributed by atoms with Gasteiger partial charge in [0.2, 0.25) is 5.95 Å². The van der Waals surface area contributed by atoms with Gasteiger partial charge in [0, 0.05) is 0 Å². The van der Waals surface area contributed by atoms with Crippen molar-refractivity contribution < 1.29 is 0 Å². The predicted octanol–water partition coefficient (Wildman–Crippen LogP) is 1.98. The van der Waals surface area contributed by atoms with Gasteiger partial charge in [0.1, 0.15) is 6.07 Å². The van der Waals surface area contributed by atoms with Crippen molar-refractivity contribution in [3.8, 4) is 6.07 Å². The number of hydrogen-bond acceptors (Lipinski definition) is 5. The van der Waals surface area contributed by atoms with E-state index in [-0.39, 0.29) is 0 Å². The lowest BCUT2D eigenvalue weighted by Gasteiger charge is -2.08. The summed E-state index contributed by atoms with van der Waals surface area (Å²) in [5.41, 5.74) is 8.19. The quantitative estimate of drug-likeness (QED) is 0.815. The standard InChI is InChI=1S/C12H11N5/c1-8-3-2-4-11(10(8)5-13)17-12-15-6-9(14)7-16-12/h2-4,6-7H,14H2,1H3,(H,15,16,17). The molecule has 1 heterocycles. The number of benzene rings is 1. The Morgan fingerprint density at radius 1 is 1.29 bits per heavy atom. The molecule has 0 aliphatic heterocycles. The first-order valence-corrected chi connectivity index (χ1v) is 5.05. The Balaban J connectivity index is 2.34. The number of nitrogen functional groups attached to an aromatic ring is 1. The molecule has 2 rings (SSSR count). The van der Waals surface area contributed by atoms with Gasteiger partial charge in [-0.2, -0.15) is 5.26 Å². The largest absolute Gasteiger partial charge is 0.396 e. The average molecular weight is 225 g/mol. The number of anilines is 3. The van der Waals surface area contributed by atoms with Gasteiger partial charge in [0.05, 0.1) is 29.3 Å². The van der Waals surface area contributed by atoms with E-state index in [1.165, 1.54) is 12.4 Å². The van der Waals surface area contributed by atoms with Crippen molar-refractivity contribution >= 4 is 17.3 Å². The van der Waals surface area contributed by atoms with E-state index < -0.39 is 0 Å². The number of aryl methyl sites for hydroxylation is 1. The van der Waals surface area contributed by atoms with Gasteiger partial charge in [0.25, 0.3) is 0 Å². The number of nitrogens with zero attached hydrogens (tertiary/aromatic N) is 3. The Morgan fingerprint density at radius 2 is 2.00 bits per heavy atom. The van der Waals surface area contributed by atoms with E-state index in [2.05, 4.69) is 21.4 Å². The van der Waals surface area contributed by atoms with E-state index in [0.29, 0.717) is 22.9 Å². The molecule has 1 aromatic carbocycles. The molecular weight excluding hydrogens is 214 g/mol. The fourth-order valence-corrected chi connectivity index (χ4v) is 1.44. The maximum absolute atomic E-state index is 9.07. The van der Waals surface area contributed by atoms with Gasteiger partial charge in [-0.3, -0.25) is 0 Å². The Bertz CT molecular complexity index is 568. The molecule has 0 aliphatic carbocycles. The highest BCUT2D eigenvalue weighted by Crippen LogP contribution is 2.20. The Kier molecular flexibility index (Phi) is 2.88. The molecule has 0 amide bonds. The van der Waals surface area contributed by atoms with Crippen molar-refractivity contribution in [1.29, 1.82) is 5.26 Å². The number of nitrogens with two attached hydrogens (primary N) is 1. The Labute approximate surface area is 98.9 Å². The smallest absolute Gasteiger partial charge is 0.227 e.